The van der Waals surface area contributed by atoms with Crippen LogP contribution in [0, 0.1) is 25.6 Å². The summed E-state index contributed by atoms with van der Waals surface area (Å²) in [6.07, 6.45) is 0. The number of halogens is 1. The largest absolute Gasteiger partial charge is 0.393 e. The summed E-state index contributed by atoms with van der Waals surface area (Å²) in [7, 11) is 0. The molecule has 0 aliphatic rings. The number of nitrogens with two attached hydrogens (primary N) is 1. The quantitative estimate of drug-likeness (QED) is 0.821. The molecule has 0 bridgehead atoms. The Morgan fingerprint density at radius 3 is 2.39 bits per heavy atom. The fourth-order valence-corrected chi connectivity index (χ4v) is 1.72. The molecule has 18 heavy (non-hydrogen) atoms. The average molecular weight is 268 g/mol. The molecule has 1 unspecified atom stereocenters. The Morgan fingerprint density at radius 1 is 1.44 bits per heavy atom. The van der Waals surface area contributed by atoms with Crippen molar-refractivity contribution in [2.75, 3.05) is 0 Å². The second kappa shape index (κ2) is 5.91. The number of benzene rings is 1. The normalized spacial score (nSPS) is 12.0. The first kappa shape index (κ1) is 14.6. The van der Waals surface area contributed by atoms with Gasteiger partial charge in [0.15, 0.2) is 0 Å². The molecule has 0 aliphatic heterocycles. The highest BCUT2D eigenvalue weighted by Gasteiger charge is 2.15. The maximum atomic E-state index is 13.4. The van der Waals surface area contributed by atoms with Crippen molar-refractivity contribution in [2.45, 2.75) is 27.3 Å². The summed E-state index contributed by atoms with van der Waals surface area (Å²) >= 11 is 4.75. The lowest BCUT2D eigenvalue weighted by molar-refractivity contribution is -0.122. The van der Waals surface area contributed by atoms with Crippen molar-refractivity contribution in [1.82, 2.24) is 5.32 Å². The summed E-state index contributed by atoms with van der Waals surface area (Å²) in [6, 6.07) is 3.43. The maximum Gasteiger partial charge on any atom is 0.229 e. The van der Waals surface area contributed by atoms with Crippen LogP contribution >= 0.6 is 12.2 Å². The van der Waals surface area contributed by atoms with E-state index in [0.29, 0.717) is 17.7 Å². The molecule has 0 radical (unpaired) electrons. The minimum atomic E-state index is -0.498. The predicted molar refractivity (Wildman–Crippen MR) is 73.7 cm³/mol. The third-order valence-corrected chi connectivity index (χ3v) is 3.14. The van der Waals surface area contributed by atoms with Crippen LogP contribution in [-0.4, -0.2) is 10.9 Å². The van der Waals surface area contributed by atoms with E-state index >= 15 is 0 Å². The number of hydrogen-bond donors (Lipinski definition) is 2. The van der Waals surface area contributed by atoms with E-state index in [1.54, 1.807) is 32.9 Å². The van der Waals surface area contributed by atoms with Gasteiger partial charge in [-0.1, -0.05) is 24.4 Å². The van der Waals surface area contributed by atoms with E-state index in [1.807, 2.05) is 0 Å². The van der Waals surface area contributed by atoms with Crippen molar-refractivity contribution >= 4 is 23.1 Å². The number of carbonyl (C=O) groups excluding carboxylic acids is 1. The van der Waals surface area contributed by atoms with Crippen LogP contribution in [0.1, 0.15) is 23.6 Å². The molecule has 1 rings (SSSR count). The Bertz CT molecular complexity index is 465. The van der Waals surface area contributed by atoms with Crippen molar-refractivity contribution in [2.24, 2.45) is 11.7 Å². The second-order valence-corrected chi connectivity index (χ2v) is 4.86. The Hall–Kier alpha value is -1.49. The van der Waals surface area contributed by atoms with Gasteiger partial charge in [0.1, 0.15) is 5.82 Å². The van der Waals surface area contributed by atoms with Crippen molar-refractivity contribution in [3.63, 3.8) is 0 Å². The van der Waals surface area contributed by atoms with Gasteiger partial charge < -0.3 is 11.1 Å². The summed E-state index contributed by atoms with van der Waals surface area (Å²) in [4.78, 5) is 11.8. The van der Waals surface area contributed by atoms with Gasteiger partial charge in [0.2, 0.25) is 5.91 Å². The van der Waals surface area contributed by atoms with Crippen LogP contribution in [0.3, 0.4) is 0 Å². The molecule has 0 heterocycles. The predicted octanol–water partition coefficient (Wildman–Crippen LogP) is 1.98. The van der Waals surface area contributed by atoms with E-state index in [0.717, 1.165) is 5.56 Å². The minimum absolute atomic E-state index is 0.166. The van der Waals surface area contributed by atoms with Crippen LogP contribution in [0.15, 0.2) is 12.1 Å². The summed E-state index contributed by atoms with van der Waals surface area (Å²) in [5.74, 6) is -0.925. The SMILES string of the molecule is Cc1cc(CNC(=O)C(C)C(N)=S)cc(C)c1F. The molecular formula is C13H17FN2OS. The van der Waals surface area contributed by atoms with Crippen LogP contribution in [0.25, 0.3) is 0 Å². The van der Waals surface area contributed by atoms with Crippen LogP contribution in [0.2, 0.25) is 0 Å². The number of thiocarbonyl (C=S) groups is 1. The molecule has 3 nitrogen and oxygen atoms in total. The summed E-state index contributed by atoms with van der Waals surface area (Å²) in [5.41, 5.74) is 7.39. The molecule has 0 fully saturated rings. The molecule has 0 saturated heterocycles. The van der Waals surface area contributed by atoms with Gasteiger partial charge in [0.05, 0.1) is 10.9 Å². The zero-order valence-electron chi connectivity index (χ0n) is 10.7. The molecular weight excluding hydrogens is 251 g/mol. The van der Waals surface area contributed by atoms with Gasteiger partial charge in [0, 0.05) is 6.54 Å². The van der Waals surface area contributed by atoms with Crippen molar-refractivity contribution < 1.29 is 9.18 Å². The van der Waals surface area contributed by atoms with E-state index in [1.165, 1.54) is 0 Å². The Balaban J connectivity index is 2.70. The Kier molecular flexibility index (Phi) is 4.78. The van der Waals surface area contributed by atoms with Gasteiger partial charge in [-0.25, -0.2) is 4.39 Å². The van der Waals surface area contributed by atoms with Crippen LogP contribution in [0.5, 0.6) is 0 Å². The van der Waals surface area contributed by atoms with Crippen molar-refractivity contribution in [3.05, 3.63) is 34.6 Å². The van der Waals surface area contributed by atoms with E-state index in [4.69, 9.17) is 18.0 Å². The first-order valence-corrected chi connectivity index (χ1v) is 6.06. The van der Waals surface area contributed by atoms with Crippen molar-refractivity contribution in [3.8, 4) is 0 Å². The van der Waals surface area contributed by atoms with E-state index in [2.05, 4.69) is 5.32 Å². The maximum absolute atomic E-state index is 13.4. The lowest BCUT2D eigenvalue weighted by Gasteiger charge is -2.12. The lowest BCUT2D eigenvalue weighted by Crippen LogP contribution is -2.35. The molecule has 1 aromatic rings. The summed E-state index contributed by atoms with van der Waals surface area (Å²) in [6.45, 7) is 5.39. The Morgan fingerprint density at radius 2 is 1.94 bits per heavy atom. The van der Waals surface area contributed by atoms with Crippen LogP contribution < -0.4 is 11.1 Å². The number of carbonyl (C=O) groups is 1. The lowest BCUT2D eigenvalue weighted by atomic mass is 10.1. The highest BCUT2D eigenvalue weighted by molar-refractivity contribution is 7.80. The first-order chi connectivity index (χ1) is 8.32. The zero-order chi connectivity index (χ0) is 13.9. The molecule has 3 N–H and O–H groups in total. The van der Waals surface area contributed by atoms with Crippen LogP contribution in [0.4, 0.5) is 4.39 Å². The van der Waals surface area contributed by atoms with Gasteiger partial charge in [-0.05, 0) is 37.5 Å². The van der Waals surface area contributed by atoms with Crippen molar-refractivity contribution in [1.29, 1.82) is 0 Å². The molecule has 0 aliphatic carbocycles. The monoisotopic (exact) mass is 268 g/mol. The number of nitrogens with one attached hydrogen (secondary N) is 1. The molecule has 98 valence electrons. The molecule has 0 saturated carbocycles. The first-order valence-electron chi connectivity index (χ1n) is 5.65. The highest BCUT2D eigenvalue weighted by atomic mass is 32.1. The molecule has 1 atom stereocenters. The van der Waals surface area contributed by atoms with E-state index in [9.17, 15) is 9.18 Å². The van der Waals surface area contributed by atoms with Gasteiger partial charge in [0.25, 0.3) is 0 Å². The standard InChI is InChI=1S/C13H17FN2OS/c1-7-4-10(5-8(2)11(7)14)6-16-13(17)9(3)12(15)18/h4-5,9H,6H2,1-3H3,(H2,15,18)(H,16,17). The molecule has 1 amide bonds. The Labute approximate surface area is 112 Å². The number of aryl methyl sites for hydroxylation is 2. The van der Waals surface area contributed by atoms with Gasteiger partial charge in [-0.3, -0.25) is 4.79 Å². The number of amides is 1. The fourth-order valence-electron chi connectivity index (χ4n) is 1.61. The third-order valence-electron chi connectivity index (χ3n) is 2.78. The summed E-state index contributed by atoms with van der Waals surface area (Å²) < 4.78 is 13.4. The fraction of sp³-hybridized carbons (Fsp3) is 0.385. The smallest absolute Gasteiger partial charge is 0.229 e. The number of hydrogen-bond acceptors (Lipinski definition) is 2. The second-order valence-electron chi connectivity index (χ2n) is 4.39. The average Bonchev–Trinajstić information content (AvgIpc) is 2.31. The zero-order valence-corrected chi connectivity index (χ0v) is 11.5. The minimum Gasteiger partial charge on any atom is -0.393 e. The molecule has 5 heteroatoms. The topological polar surface area (TPSA) is 55.1 Å². The van der Waals surface area contributed by atoms with E-state index < -0.39 is 5.92 Å². The van der Waals surface area contributed by atoms with E-state index in [-0.39, 0.29) is 16.7 Å². The molecule has 1 aromatic carbocycles. The molecule has 0 spiro atoms. The van der Waals surface area contributed by atoms with Gasteiger partial charge >= 0.3 is 0 Å². The number of rotatable bonds is 4. The third kappa shape index (κ3) is 3.50. The summed E-state index contributed by atoms with van der Waals surface area (Å²) in [5, 5.41) is 2.73. The molecule has 0 aromatic heterocycles. The van der Waals surface area contributed by atoms with Crippen LogP contribution in [-0.2, 0) is 11.3 Å². The van der Waals surface area contributed by atoms with Gasteiger partial charge in [-0.2, -0.15) is 0 Å². The highest BCUT2D eigenvalue weighted by Crippen LogP contribution is 2.14. The van der Waals surface area contributed by atoms with Gasteiger partial charge in [-0.15, -0.1) is 0 Å².